The molecule has 3 aromatic rings. The van der Waals surface area contributed by atoms with Gasteiger partial charge in [0, 0.05) is 18.8 Å². The Morgan fingerprint density at radius 2 is 1.59 bits per heavy atom. The van der Waals surface area contributed by atoms with Crippen molar-refractivity contribution in [1.29, 1.82) is 0 Å². The second-order valence-electron chi connectivity index (χ2n) is 6.88. The molecule has 5 nitrogen and oxygen atoms in total. The number of aryl methyl sites for hydroxylation is 1. The van der Waals surface area contributed by atoms with Crippen molar-refractivity contribution in [2.45, 2.75) is 45.1 Å². The first-order valence-electron chi connectivity index (χ1n) is 9.35. The predicted octanol–water partition coefficient (Wildman–Crippen LogP) is 4.42. The molecule has 1 N–H and O–H groups in total. The van der Waals surface area contributed by atoms with E-state index in [0.717, 1.165) is 11.1 Å². The topological polar surface area (TPSA) is 68.0 Å². The molecular formula is C22H25N3O2. The zero-order valence-corrected chi connectivity index (χ0v) is 15.8. The highest BCUT2D eigenvalue weighted by molar-refractivity contribution is 5.77. The van der Waals surface area contributed by atoms with Crippen molar-refractivity contribution in [2.24, 2.45) is 0 Å². The van der Waals surface area contributed by atoms with Crippen LogP contribution in [0, 0.1) is 0 Å². The first-order chi connectivity index (χ1) is 13.1. The average Bonchev–Trinajstić information content (AvgIpc) is 3.17. The third-order valence-electron chi connectivity index (χ3n) is 4.37. The van der Waals surface area contributed by atoms with Crippen LogP contribution in [0.3, 0.4) is 0 Å². The first kappa shape index (κ1) is 18.8. The Morgan fingerprint density at radius 1 is 1.00 bits per heavy atom. The monoisotopic (exact) mass is 363 g/mol. The minimum atomic E-state index is -0.157. The fourth-order valence-corrected chi connectivity index (χ4v) is 2.89. The minimum absolute atomic E-state index is 0.0105. The number of hydrogen-bond donors (Lipinski definition) is 1. The van der Waals surface area contributed by atoms with Crippen molar-refractivity contribution < 1.29 is 9.32 Å². The fraction of sp³-hybridized carbons (Fsp3) is 0.318. The van der Waals surface area contributed by atoms with E-state index in [9.17, 15) is 4.79 Å². The molecule has 0 bridgehead atoms. The lowest BCUT2D eigenvalue weighted by atomic mass is 9.98. The van der Waals surface area contributed by atoms with Gasteiger partial charge in [0.15, 0.2) is 5.82 Å². The number of hydrogen-bond acceptors (Lipinski definition) is 4. The molecule has 0 atom stereocenters. The molecule has 0 aliphatic rings. The van der Waals surface area contributed by atoms with E-state index in [0.29, 0.717) is 31.0 Å². The SMILES string of the molecule is CC(C)c1noc(CCCC(=O)NC(c2ccccc2)c2ccccc2)n1. The van der Waals surface area contributed by atoms with Gasteiger partial charge in [0.05, 0.1) is 6.04 Å². The third-order valence-corrected chi connectivity index (χ3v) is 4.37. The van der Waals surface area contributed by atoms with Gasteiger partial charge in [-0.3, -0.25) is 4.79 Å². The van der Waals surface area contributed by atoms with Crippen molar-refractivity contribution in [3.63, 3.8) is 0 Å². The van der Waals surface area contributed by atoms with Gasteiger partial charge in [-0.05, 0) is 17.5 Å². The smallest absolute Gasteiger partial charge is 0.226 e. The van der Waals surface area contributed by atoms with E-state index in [1.165, 1.54) is 0 Å². The predicted molar refractivity (Wildman–Crippen MR) is 104 cm³/mol. The normalized spacial score (nSPS) is 11.1. The van der Waals surface area contributed by atoms with Gasteiger partial charge in [-0.15, -0.1) is 0 Å². The van der Waals surface area contributed by atoms with E-state index >= 15 is 0 Å². The lowest BCUT2D eigenvalue weighted by molar-refractivity contribution is -0.121. The van der Waals surface area contributed by atoms with Crippen molar-refractivity contribution >= 4 is 5.91 Å². The quantitative estimate of drug-likeness (QED) is 0.643. The number of benzene rings is 2. The molecule has 0 spiro atoms. The second-order valence-corrected chi connectivity index (χ2v) is 6.88. The van der Waals surface area contributed by atoms with Gasteiger partial charge in [-0.2, -0.15) is 4.98 Å². The number of nitrogens with one attached hydrogen (secondary N) is 1. The maximum absolute atomic E-state index is 12.5. The summed E-state index contributed by atoms with van der Waals surface area (Å²) >= 11 is 0. The molecule has 1 heterocycles. The third kappa shape index (κ3) is 5.26. The summed E-state index contributed by atoms with van der Waals surface area (Å²) < 4.78 is 5.23. The van der Waals surface area contributed by atoms with E-state index in [4.69, 9.17) is 4.52 Å². The van der Waals surface area contributed by atoms with Crippen molar-refractivity contribution in [2.75, 3.05) is 0 Å². The Kier molecular flexibility index (Phi) is 6.36. The van der Waals surface area contributed by atoms with Crippen LogP contribution < -0.4 is 5.32 Å². The summed E-state index contributed by atoms with van der Waals surface area (Å²) in [5.74, 6) is 1.55. The zero-order valence-electron chi connectivity index (χ0n) is 15.8. The average molecular weight is 363 g/mol. The molecule has 0 unspecified atom stereocenters. The first-order valence-corrected chi connectivity index (χ1v) is 9.35. The number of rotatable bonds is 8. The molecule has 0 saturated carbocycles. The van der Waals surface area contributed by atoms with Crippen molar-refractivity contribution in [1.82, 2.24) is 15.5 Å². The van der Waals surface area contributed by atoms with Crippen LogP contribution in [-0.2, 0) is 11.2 Å². The zero-order chi connectivity index (χ0) is 19.1. The number of nitrogens with zero attached hydrogens (tertiary/aromatic N) is 2. The van der Waals surface area contributed by atoms with Crippen LogP contribution in [0.1, 0.15) is 61.5 Å². The van der Waals surface area contributed by atoms with Crippen LogP contribution in [0.2, 0.25) is 0 Å². The summed E-state index contributed by atoms with van der Waals surface area (Å²) in [7, 11) is 0. The van der Waals surface area contributed by atoms with Crippen LogP contribution in [0.15, 0.2) is 65.2 Å². The molecule has 1 aromatic heterocycles. The highest BCUT2D eigenvalue weighted by atomic mass is 16.5. The second kappa shape index (κ2) is 9.12. The molecular weight excluding hydrogens is 338 g/mol. The minimum Gasteiger partial charge on any atom is -0.345 e. The van der Waals surface area contributed by atoms with Gasteiger partial charge < -0.3 is 9.84 Å². The lowest BCUT2D eigenvalue weighted by Gasteiger charge is -2.20. The summed E-state index contributed by atoms with van der Waals surface area (Å²) in [4.78, 5) is 16.9. The van der Waals surface area contributed by atoms with Crippen LogP contribution in [-0.4, -0.2) is 16.0 Å². The van der Waals surface area contributed by atoms with Gasteiger partial charge in [-0.1, -0.05) is 79.7 Å². The molecule has 0 radical (unpaired) electrons. The van der Waals surface area contributed by atoms with Gasteiger partial charge >= 0.3 is 0 Å². The van der Waals surface area contributed by atoms with Gasteiger partial charge in [-0.25, -0.2) is 0 Å². The van der Waals surface area contributed by atoms with Gasteiger partial charge in [0.1, 0.15) is 0 Å². The molecule has 0 aliphatic carbocycles. The highest BCUT2D eigenvalue weighted by Crippen LogP contribution is 2.22. The van der Waals surface area contributed by atoms with Crippen LogP contribution in [0.25, 0.3) is 0 Å². The Hall–Kier alpha value is -2.95. The number of carbonyl (C=O) groups is 1. The van der Waals surface area contributed by atoms with Crippen molar-refractivity contribution in [3.05, 3.63) is 83.5 Å². The van der Waals surface area contributed by atoms with Crippen LogP contribution in [0.5, 0.6) is 0 Å². The number of amides is 1. The molecule has 27 heavy (non-hydrogen) atoms. The molecule has 0 aliphatic heterocycles. The van der Waals surface area contributed by atoms with E-state index in [2.05, 4.69) is 15.5 Å². The Morgan fingerprint density at radius 3 is 2.11 bits per heavy atom. The molecule has 5 heteroatoms. The Labute approximate surface area is 159 Å². The number of aromatic nitrogens is 2. The molecule has 1 amide bonds. The highest BCUT2D eigenvalue weighted by Gasteiger charge is 2.17. The molecule has 0 fully saturated rings. The van der Waals surface area contributed by atoms with Crippen LogP contribution in [0.4, 0.5) is 0 Å². The summed E-state index contributed by atoms with van der Waals surface area (Å²) in [6.45, 7) is 4.05. The summed E-state index contributed by atoms with van der Waals surface area (Å²) in [6.07, 6.45) is 1.69. The van der Waals surface area contributed by atoms with Gasteiger partial charge in [0.25, 0.3) is 0 Å². The maximum atomic E-state index is 12.5. The lowest BCUT2D eigenvalue weighted by Crippen LogP contribution is -2.29. The van der Waals surface area contributed by atoms with E-state index in [1.807, 2.05) is 74.5 Å². The Balaban J connectivity index is 1.59. The van der Waals surface area contributed by atoms with E-state index in [1.54, 1.807) is 0 Å². The molecule has 2 aromatic carbocycles. The summed E-state index contributed by atoms with van der Waals surface area (Å²) in [5, 5.41) is 7.11. The Bertz CT molecular complexity index is 805. The fourth-order valence-electron chi connectivity index (χ4n) is 2.89. The maximum Gasteiger partial charge on any atom is 0.226 e. The summed E-state index contributed by atoms with van der Waals surface area (Å²) in [5.41, 5.74) is 2.13. The van der Waals surface area contributed by atoms with Crippen molar-refractivity contribution in [3.8, 4) is 0 Å². The van der Waals surface area contributed by atoms with E-state index < -0.39 is 0 Å². The van der Waals surface area contributed by atoms with Crippen LogP contribution >= 0.6 is 0 Å². The number of carbonyl (C=O) groups excluding carboxylic acids is 1. The molecule has 3 rings (SSSR count). The molecule has 0 saturated heterocycles. The van der Waals surface area contributed by atoms with E-state index in [-0.39, 0.29) is 17.9 Å². The van der Waals surface area contributed by atoms with Gasteiger partial charge in [0.2, 0.25) is 11.8 Å². The largest absolute Gasteiger partial charge is 0.345 e. The summed E-state index contributed by atoms with van der Waals surface area (Å²) in [6, 6.07) is 19.9. The standard InChI is InChI=1S/C22H25N3O2/c1-16(2)22-24-20(27-25-22)15-9-14-19(26)23-21(17-10-5-3-6-11-17)18-12-7-4-8-13-18/h3-8,10-13,16,21H,9,14-15H2,1-2H3,(H,23,26). The molecule has 140 valence electrons.